The molecule has 0 aromatic heterocycles. The van der Waals surface area contributed by atoms with Crippen LogP contribution in [0.1, 0.15) is 52.4 Å². The van der Waals surface area contributed by atoms with Crippen LogP contribution in [-0.2, 0) is 4.79 Å². The second-order valence-corrected chi connectivity index (χ2v) is 8.72. The maximum atomic E-state index is 12.7. The van der Waals surface area contributed by atoms with Gasteiger partial charge in [0.05, 0.1) is 12.6 Å². The summed E-state index contributed by atoms with van der Waals surface area (Å²) < 4.78 is 0. The second kappa shape index (κ2) is 13.7. The number of guanidine groups is 1. The molecule has 1 atom stereocenters. The molecule has 3 heterocycles. The van der Waals surface area contributed by atoms with Crippen LogP contribution in [0.4, 0.5) is 0 Å². The van der Waals surface area contributed by atoms with E-state index in [0.29, 0.717) is 5.91 Å². The Kier molecular flexibility index (Phi) is 11.7. The molecular weight excluding hydrogens is 491 g/mol. The van der Waals surface area contributed by atoms with Crippen LogP contribution in [0, 0.1) is 0 Å². The van der Waals surface area contributed by atoms with Crippen molar-refractivity contribution in [1.82, 2.24) is 24.9 Å². The average Bonchev–Trinajstić information content (AvgIpc) is 3.17. The minimum absolute atomic E-state index is 0. The predicted octanol–water partition coefficient (Wildman–Crippen LogP) is 2.07. The van der Waals surface area contributed by atoms with Crippen LogP contribution in [-0.4, -0.2) is 110 Å². The summed E-state index contributed by atoms with van der Waals surface area (Å²) in [5, 5.41) is 3.48. The van der Waals surface area contributed by atoms with E-state index in [1.807, 2.05) is 4.90 Å². The number of carbonyl (C=O) groups excluding carboxylic acids is 1. The van der Waals surface area contributed by atoms with Crippen molar-refractivity contribution in [2.45, 2.75) is 58.4 Å². The van der Waals surface area contributed by atoms with Crippen molar-refractivity contribution in [3.63, 3.8) is 0 Å². The van der Waals surface area contributed by atoms with Crippen molar-refractivity contribution >= 4 is 35.8 Å². The number of hydrogen-bond donors (Lipinski definition) is 1. The first-order valence-electron chi connectivity index (χ1n) is 12.0. The summed E-state index contributed by atoms with van der Waals surface area (Å²) in [7, 11) is 0. The molecule has 3 aliphatic heterocycles. The topological polar surface area (TPSA) is 54.4 Å². The van der Waals surface area contributed by atoms with Gasteiger partial charge in [-0.1, -0.05) is 12.8 Å². The van der Waals surface area contributed by atoms with E-state index >= 15 is 0 Å². The number of piperazine rings is 1. The van der Waals surface area contributed by atoms with E-state index in [4.69, 9.17) is 4.99 Å². The predicted molar refractivity (Wildman–Crippen MR) is 135 cm³/mol. The van der Waals surface area contributed by atoms with Crippen molar-refractivity contribution < 1.29 is 4.79 Å². The summed E-state index contributed by atoms with van der Waals surface area (Å²) in [4.78, 5) is 27.0. The molecule has 3 aliphatic rings. The maximum absolute atomic E-state index is 12.7. The van der Waals surface area contributed by atoms with Crippen molar-refractivity contribution in [2.24, 2.45) is 4.99 Å². The zero-order valence-electron chi connectivity index (χ0n) is 19.2. The van der Waals surface area contributed by atoms with Gasteiger partial charge < -0.3 is 20.0 Å². The largest absolute Gasteiger partial charge is 0.357 e. The van der Waals surface area contributed by atoms with Crippen molar-refractivity contribution in [2.75, 3.05) is 72.0 Å². The smallest absolute Gasteiger partial charge is 0.239 e. The normalized spacial score (nSPS) is 23.1. The van der Waals surface area contributed by atoms with E-state index in [2.05, 4.69) is 33.9 Å². The monoisotopic (exact) mass is 534 g/mol. The summed E-state index contributed by atoms with van der Waals surface area (Å²) >= 11 is 0. The van der Waals surface area contributed by atoms with Crippen molar-refractivity contribution in [1.29, 1.82) is 0 Å². The second-order valence-electron chi connectivity index (χ2n) is 8.72. The average molecular weight is 535 g/mol. The van der Waals surface area contributed by atoms with E-state index < -0.39 is 0 Å². The number of aliphatic imine (C=N–C) groups is 1. The molecule has 0 saturated carbocycles. The Bertz CT molecular complexity index is 524. The van der Waals surface area contributed by atoms with Crippen LogP contribution in [0.2, 0.25) is 0 Å². The van der Waals surface area contributed by atoms with Gasteiger partial charge in [-0.3, -0.25) is 14.7 Å². The number of likely N-dealkylation sites (tertiary alicyclic amines) is 2. The number of rotatable bonds is 6. The Morgan fingerprint density at radius 3 is 2.07 bits per heavy atom. The van der Waals surface area contributed by atoms with Crippen LogP contribution in [0.15, 0.2) is 4.99 Å². The Morgan fingerprint density at radius 2 is 1.47 bits per heavy atom. The standard InChI is InChI=1S/C22H42N6O.HI/c1-3-23-22(24-10-15-25-11-6-4-5-7-12-25)28-18-16-26(17-19-28)20(2)21(29)27-13-8-9-14-27;/h20H,3-19H2,1-2H3,(H,23,24);1H. The lowest BCUT2D eigenvalue weighted by Crippen LogP contribution is -2.57. The van der Waals surface area contributed by atoms with Gasteiger partial charge in [0.1, 0.15) is 0 Å². The number of carbonyl (C=O) groups is 1. The van der Waals surface area contributed by atoms with Crippen LogP contribution in [0.3, 0.4) is 0 Å². The Balaban J connectivity index is 0.00000320. The van der Waals surface area contributed by atoms with Gasteiger partial charge in [-0.15, -0.1) is 24.0 Å². The van der Waals surface area contributed by atoms with Crippen LogP contribution in [0.25, 0.3) is 0 Å². The van der Waals surface area contributed by atoms with Crippen LogP contribution in [0.5, 0.6) is 0 Å². The quantitative estimate of drug-likeness (QED) is 0.322. The molecule has 3 rings (SSSR count). The van der Waals surface area contributed by atoms with Crippen molar-refractivity contribution in [3.8, 4) is 0 Å². The van der Waals surface area contributed by atoms with E-state index in [1.54, 1.807) is 0 Å². The zero-order valence-corrected chi connectivity index (χ0v) is 21.5. The number of amides is 1. The SMILES string of the molecule is CCNC(=NCCN1CCCCCC1)N1CCN(C(C)C(=O)N2CCCC2)CC1.I. The highest BCUT2D eigenvalue weighted by Crippen LogP contribution is 2.14. The molecule has 0 aromatic rings. The number of nitrogens with one attached hydrogen (secondary N) is 1. The highest BCUT2D eigenvalue weighted by molar-refractivity contribution is 14.0. The molecule has 3 fully saturated rings. The Hall–Kier alpha value is -0.610. The fraction of sp³-hybridized carbons (Fsp3) is 0.909. The molecule has 0 aromatic carbocycles. The summed E-state index contributed by atoms with van der Waals surface area (Å²) in [6, 6.07) is -0.00203. The zero-order chi connectivity index (χ0) is 20.5. The van der Waals surface area contributed by atoms with Gasteiger partial charge in [0.15, 0.2) is 5.96 Å². The molecule has 0 bridgehead atoms. The first-order valence-corrected chi connectivity index (χ1v) is 12.0. The van der Waals surface area contributed by atoms with E-state index in [0.717, 1.165) is 77.7 Å². The van der Waals surface area contributed by atoms with E-state index in [9.17, 15) is 4.79 Å². The Labute approximate surface area is 200 Å². The molecule has 0 aliphatic carbocycles. The number of hydrogen-bond acceptors (Lipinski definition) is 4. The summed E-state index contributed by atoms with van der Waals surface area (Å²) in [5.74, 6) is 1.36. The molecule has 174 valence electrons. The molecule has 1 amide bonds. The first-order chi connectivity index (χ1) is 14.2. The molecule has 8 heteroatoms. The molecule has 0 spiro atoms. The number of nitrogens with zero attached hydrogens (tertiary/aromatic N) is 5. The summed E-state index contributed by atoms with van der Waals surface area (Å²) in [6.45, 7) is 15.1. The van der Waals surface area contributed by atoms with Gasteiger partial charge in [0, 0.05) is 52.4 Å². The lowest BCUT2D eigenvalue weighted by Gasteiger charge is -2.39. The molecule has 3 saturated heterocycles. The van der Waals surface area contributed by atoms with Crippen LogP contribution >= 0.6 is 24.0 Å². The third-order valence-electron chi connectivity index (χ3n) is 6.65. The fourth-order valence-electron chi connectivity index (χ4n) is 4.76. The van der Waals surface area contributed by atoms with Gasteiger partial charge in [0.2, 0.25) is 5.91 Å². The van der Waals surface area contributed by atoms with Crippen molar-refractivity contribution in [3.05, 3.63) is 0 Å². The summed E-state index contributed by atoms with van der Waals surface area (Å²) in [5.41, 5.74) is 0. The van der Waals surface area contributed by atoms with Gasteiger partial charge in [-0.05, 0) is 52.6 Å². The lowest BCUT2D eigenvalue weighted by molar-refractivity contribution is -0.135. The van der Waals surface area contributed by atoms with E-state index in [-0.39, 0.29) is 30.0 Å². The minimum atomic E-state index is -0.00203. The molecular formula is C22H43IN6O. The molecule has 1 unspecified atom stereocenters. The molecule has 1 N–H and O–H groups in total. The summed E-state index contributed by atoms with van der Waals surface area (Å²) in [6.07, 6.45) is 7.75. The van der Waals surface area contributed by atoms with Gasteiger partial charge in [-0.2, -0.15) is 0 Å². The lowest BCUT2D eigenvalue weighted by atomic mass is 10.2. The van der Waals surface area contributed by atoms with Gasteiger partial charge in [0.25, 0.3) is 0 Å². The molecule has 30 heavy (non-hydrogen) atoms. The fourth-order valence-corrected chi connectivity index (χ4v) is 4.76. The minimum Gasteiger partial charge on any atom is -0.357 e. The first kappa shape index (κ1) is 25.6. The van der Waals surface area contributed by atoms with E-state index in [1.165, 1.54) is 38.8 Å². The van der Waals surface area contributed by atoms with Gasteiger partial charge in [-0.25, -0.2) is 0 Å². The molecule has 7 nitrogen and oxygen atoms in total. The third kappa shape index (κ3) is 7.51. The Morgan fingerprint density at radius 1 is 0.867 bits per heavy atom. The highest BCUT2D eigenvalue weighted by Gasteiger charge is 2.30. The maximum Gasteiger partial charge on any atom is 0.239 e. The van der Waals surface area contributed by atoms with Gasteiger partial charge >= 0.3 is 0 Å². The third-order valence-corrected chi connectivity index (χ3v) is 6.65. The molecule has 0 radical (unpaired) electrons. The highest BCUT2D eigenvalue weighted by atomic mass is 127. The van der Waals surface area contributed by atoms with Crippen LogP contribution < -0.4 is 5.32 Å². The number of halogens is 1.